The Morgan fingerprint density at radius 3 is 2.81 bits per heavy atom. The third-order valence-corrected chi connectivity index (χ3v) is 2.88. The fraction of sp³-hybridized carbons (Fsp3) is 0.667. The maximum Gasteiger partial charge on any atom is 0.267 e. The van der Waals surface area contributed by atoms with E-state index in [1.165, 1.54) is 11.5 Å². The van der Waals surface area contributed by atoms with E-state index >= 15 is 0 Å². The molecule has 1 aromatic heterocycles. The van der Waals surface area contributed by atoms with Crippen molar-refractivity contribution in [1.82, 2.24) is 19.8 Å². The molecule has 16 heavy (non-hydrogen) atoms. The van der Waals surface area contributed by atoms with Crippen molar-refractivity contribution in [2.24, 2.45) is 0 Å². The zero-order valence-corrected chi connectivity index (χ0v) is 11.3. The summed E-state index contributed by atoms with van der Waals surface area (Å²) >= 11 is 1.17. The summed E-state index contributed by atoms with van der Waals surface area (Å²) in [4.78, 5) is 14.3. The molecular formula is C9H17ClN4OS. The number of hydrogen-bond donors (Lipinski definition) is 1. The van der Waals surface area contributed by atoms with Crippen molar-refractivity contribution in [2.75, 3.05) is 27.2 Å². The van der Waals surface area contributed by atoms with E-state index in [4.69, 9.17) is 0 Å². The van der Waals surface area contributed by atoms with E-state index in [9.17, 15) is 4.79 Å². The molecule has 1 amide bonds. The van der Waals surface area contributed by atoms with Gasteiger partial charge in [0.1, 0.15) is 4.88 Å². The van der Waals surface area contributed by atoms with Crippen LogP contribution in [0.4, 0.5) is 0 Å². The number of aromatic nitrogens is 2. The van der Waals surface area contributed by atoms with Crippen molar-refractivity contribution in [3.8, 4) is 0 Å². The van der Waals surface area contributed by atoms with E-state index in [0.717, 1.165) is 18.7 Å². The van der Waals surface area contributed by atoms with Gasteiger partial charge in [-0.1, -0.05) is 11.4 Å². The van der Waals surface area contributed by atoms with E-state index < -0.39 is 0 Å². The second-order valence-electron chi connectivity index (χ2n) is 3.23. The van der Waals surface area contributed by atoms with Crippen molar-refractivity contribution in [2.45, 2.75) is 13.3 Å². The topological polar surface area (TPSA) is 58.1 Å². The van der Waals surface area contributed by atoms with Crippen LogP contribution in [0.2, 0.25) is 0 Å². The van der Waals surface area contributed by atoms with Gasteiger partial charge in [-0.2, -0.15) is 0 Å². The highest BCUT2D eigenvalue weighted by Gasteiger charge is 2.18. The van der Waals surface area contributed by atoms with Crippen LogP contribution in [0.5, 0.6) is 0 Å². The second-order valence-corrected chi connectivity index (χ2v) is 3.99. The number of nitrogens with one attached hydrogen (secondary N) is 1. The van der Waals surface area contributed by atoms with Gasteiger partial charge in [0.15, 0.2) is 0 Å². The zero-order valence-electron chi connectivity index (χ0n) is 9.69. The van der Waals surface area contributed by atoms with Gasteiger partial charge in [-0.05, 0) is 25.0 Å². The molecule has 0 saturated heterocycles. The van der Waals surface area contributed by atoms with Gasteiger partial charge in [0.2, 0.25) is 0 Å². The number of halogens is 1. The quantitative estimate of drug-likeness (QED) is 0.855. The number of carbonyl (C=O) groups is 1. The summed E-state index contributed by atoms with van der Waals surface area (Å²) in [5, 5.41) is 6.93. The van der Waals surface area contributed by atoms with Gasteiger partial charge in [-0.15, -0.1) is 17.5 Å². The third kappa shape index (κ3) is 3.70. The SMILES string of the molecule is CCc1nnsc1C(=O)N(C)CCNC.Cl. The van der Waals surface area contributed by atoms with Gasteiger partial charge >= 0.3 is 0 Å². The fourth-order valence-corrected chi connectivity index (χ4v) is 1.90. The van der Waals surface area contributed by atoms with Crippen molar-refractivity contribution in [1.29, 1.82) is 0 Å². The van der Waals surface area contributed by atoms with Crippen LogP contribution in [0.3, 0.4) is 0 Å². The zero-order chi connectivity index (χ0) is 11.3. The van der Waals surface area contributed by atoms with Crippen LogP contribution in [0.25, 0.3) is 0 Å². The molecule has 0 saturated carbocycles. The highest BCUT2D eigenvalue weighted by Crippen LogP contribution is 2.13. The first-order valence-corrected chi connectivity index (χ1v) is 5.69. The molecular weight excluding hydrogens is 248 g/mol. The van der Waals surface area contributed by atoms with E-state index in [2.05, 4.69) is 14.9 Å². The second kappa shape index (κ2) is 7.54. The Balaban J connectivity index is 0.00000225. The van der Waals surface area contributed by atoms with Gasteiger partial charge in [0.25, 0.3) is 5.91 Å². The normalized spacial score (nSPS) is 9.69. The Hall–Kier alpha value is -0.720. The number of likely N-dealkylation sites (N-methyl/N-ethyl adjacent to an activating group) is 2. The van der Waals surface area contributed by atoms with E-state index in [-0.39, 0.29) is 18.3 Å². The van der Waals surface area contributed by atoms with Crippen molar-refractivity contribution >= 4 is 29.8 Å². The first kappa shape index (κ1) is 15.3. The number of hydrogen-bond acceptors (Lipinski definition) is 5. The predicted octanol–water partition coefficient (Wildman–Crippen LogP) is 0.814. The summed E-state index contributed by atoms with van der Waals surface area (Å²) in [5.74, 6) is 0.0112. The largest absolute Gasteiger partial charge is 0.340 e. The molecule has 92 valence electrons. The molecule has 0 aliphatic heterocycles. The Morgan fingerprint density at radius 1 is 1.56 bits per heavy atom. The van der Waals surface area contributed by atoms with E-state index in [1.54, 1.807) is 11.9 Å². The van der Waals surface area contributed by atoms with E-state index in [0.29, 0.717) is 11.4 Å². The van der Waals surface area contributed by atoms with Crippen LogP contribution in [0.15, 0.2) is 0 Å². The lowest BCUT2D eigenvalue weighted by molar-refractivity contribution is 0.0800. The fourth-order valence-electron chi connectivity index (χ4n) is 1.16. The lowest BCUT2D eigenvalue weighted by Crippen LogP contribution is -2.32. The summed E-state index contributed by atoms with van der Waals surface area (Å²) in [7, 11) is 3.66. The van der Waals surface area contributed by atoms with Gasteiger partial charge in [0, 0.05) is 20.1 Å². The lowest BCUT2D eigenvalue weighted by Gasteiger charge is -2.15. The molecule has 0 atom stereocenters. The van der Waals surface area contributed by atoms with Crippen LogP contribution >= 0.6 is 23.9 Å². The first-order chi connectivity index (χ1) is 7.20. The Morgan fingerprint density at radius 2 is 2.25 bits per heavy atom. The van der Waals surface area contributed by atoms with Gasteiger partial charge < -0.3 is 10.2 Å². The molecule has 0 radical (unpaired) electrons. The third-order valence-electron chi connectivity index (χ3n) is 2.13. The molecule has 1 aromatic rings. The molecule has 1 rings (SSSR count). The highest BCUT2D eigenvalue weighted by atomic mass is 35.5. The minimum absolute atomic E-state index is 0. The molecule has 0 aromatic carbocycles. The molecule has 0 spiro atoms. The maximum absolute atomic E-state index is 11.9. The summed E-state index contributed by atoms with van der Waals surface area (Å²) in [6, 6.07) is 0. The van der Waals surface area contributed by atoms with Crippen molar-refractivity contribution in [3.05, 3.63) is 10.6 Å². The van der Waals surface area contributed by atoms with Crippen LogP contribution in [0.1, 0.15) is 22.3 Å². The molecule has 0 aliphatic rings. The highest BCUT2D eigenvalue weighted by molar-refractivity contribution is 7.07. The predicted molar refractivity (Wildman–Crippen MR) is 67.4 cm³/mol. The standard InChI is InChI=1S/C9H16N4OS.ClH/c1-4-7-8(15-12-11-7)9(14)13(3)6-5-10-2;/h10H,4-6H2,1-3H3;1H. The van der Waals surface area contributed by atoms with E-state index in [1.807, 2.05) is 14.0 Å². The van der Waals surface area contributed by atoms with Crippen LogP contribution < -0.4 is 5.32 Å². The number of carbonyl (C=O) groups excluding carboxylic acids is 1. The molecule has 0 aliphatic carbocycles. The summed E-state index contributed by atoms with van der Waals surface area (Å²) in [6.07, 6.45) is 0.747. The molecule has 0 unspecified atom stereocenters. The average molecular weight is 265 g/mol. The minimum Gasteiger partial charge on any atom is -0.340 e. The molecule has 0 bridgehead atoms. The van der Waals surface area contributed by atoms with Gasteiger partial charge in [-0.25, -0.2) is 0 Å². The Bertz CT molecular complexity index is 331. The smallest absolute Gasteiger partial charge is 0.267 e. The monoisotopic (exact) mass is 264 g/mol. The molecule has 5 nitrogen and oxygen atoms in total. The van der Waals surface area contributed by atoms with Gasteiger partial charge in [0.05, 0.1) is 5.69 Å². The van der Waals surface area contributed by atoms with Crippen LogP contribution in [-0.2, 0) is 6.42 Å². The minimum atomic E-state index is 0. The van der Waals surface area contributed by atoms with Crippen molar-refractivity contribution < 1.29 is 4.79 Å². The molecule has 1 N–H and O–H groups in total. The Labute approximate surface area is 106 Å². The first-order valence-electron chi connectivity index (χ1n) is 4.92. The summed E-state index contributed by atoms with van der Waals surface area (Å²) in [6.45, 7) is 3.45. The molecule has 1 heterocycles. The lowest BCUT2D eigenvalue weighted by atomic mass is 10.3. The van der Waals surface area contributed by atoms with Crippen LogP contribution in [-0.4, -0.2) is 47.6 Å². The number of amides is 1. The van der Waals surface area contributed by atoms with Gasteiger partial charge in [-0.3, -0.25) is 4.79 Å². The Kier molecular flexibility index (Phi) is 7.20. The van der Waals surface area contributed by atoms with Crippen LogP contribution in [0, 0.1) is 0 Å². The number of aryl methyl sites for hydroxylation is 1. The molecule has 7 heteroatoms. The number of nitrogens with zero attached hydrogens (tertiary/aromatic N) is 3. The van der Waals surface area contributed by atoms with Crippen molar-refractivity contribution in [3.63, 3.8) is 0 Å². The molecule has 0 fully saturated rings. The maximum atomic E-state index is 11.9. The summed E-state index contributed by atoms with van der Waals surface area (Å²) < 4.78 is 3.81. The average Bonchev–Trinajstić information content (AvgIpc) is 2.72. The summed E-state index contributed by atoms with van der Waals surface area (Å²) in [5.41, 5.74) is 0.793. The number of rotatable bonds is 5.